The molecule has 0 aromatic carbocycles. The van der Waals surface area contributed by atoms with E-state index in [-0.39, 0.29) is 0 Å². The smallest absolute Gasteiger partial charge is 0.159 e. The van der Waals surface area contributed by atoms with Crippen LogP contribution in [0, 0.1) is 0 Å². The largest absolute Gasteiger partial charge is 0.317 e. The molecular formula is C11H14N6. The number of nitrogens with one attached hydrogen (secondary N) is 1. The first kappa shape index (κ1) is 10.3. The third-order valence-electron chi connectivity index (χ3n) is 3.09. The molecule has 0 amide bonds. The van der Waals surface area contributed by atoms with Crippen LogP contribution in [0.15, 0.2) is 24.5 Å². The Morgan fingerprint density at radius 3 is 2.94 bits per heavy atom. The van der Waals surface area contributed by atoms with Crippen LogP contribution >= 0.6 is 0 Å². The summed E-state index contributed by atoms with van der Waals surface area (Å²) >= 11 is 0. The molecule has 0 saturated carbocycles. The molecule has 1 saturated heterocycles. The summed E-state index contributed by atoms with van der Waals surface area (Å²) in [5, 5.41) is 15.4. The van der Waals surface area contributed by atoms with Crippen molar-refractivity contribution in [2.75, 3.05) is 13.1 Å². The fourth-order valence-electron chi connectivity index (χ4n) is 2.19. The summed E-state index contributed by atoms with van der Waals surface area (Å²) < 4.78 is 1.79. The molecule has 0 unspecified atom stereocenters. The Bertz CT molecular complexity index is 474. The average molecular weight is 230 g/mol. The van der Waals surface area contributed by atoms with Gasteiger partial charge in [-0.15, -0.1) is 5.10 Å². The van der Waals surface area contributed by atoms with E-state index >= 15 is 0 Å². The number of hydrogen-bond acceptors (Lipinski definition) is 5. The first-order valence-electron chi connectivity index (χ1n) is 5.84. The lowest BCUT2D eigenvalue weighted by Gasteiger charge is -2.21. The van der Waals surface area contributed by atoms with Crippen molar-refractivity contribution in [2.45, 2.75) is 18.8 Å². The third-order valence-corrected chi connectivity index (χ3v) is 3.09. The van der Waals surface area contributed by atoms with Crippen molar-refractivity contribution in [3.05, 3.63) is 30.4 Å². The van der Waals surface area contributed by atoms with E-state index < -0.39 is 0 Å². The van der Waals surface area contributed by atoms with Gasteiger partial charge in [0.15, 0.2) is 5.82 Å². The van der Waals surface area contributed by atoms with E-state index in [4.69, 9.17) is 0 Å². The fourth-order valence-corrected chi connectivity index (χ4v) is 2.19. The Morgan fingerprint density at radius 1 is 1.29 bits per heavy atom. The minimum absolute atomic E-state index is 0.437. The van der Waals surface area contributed by atoms with Crippen LogP contribution in [0.1, 0.15) is 24.6 Å². The molecule has 1 aliphatic heterocycles. The van der Waals surface area contributed by atoms with Crippen molar-refractivity contribution in [1.29, 1.82) is 0 Å². The molecule has 3 heterocycles. The van der Waals surface area contributed by atoms with Crippen molar-refractivity contribution in [1.82, 2.24) is 30.5 Å². The van der Waals surface area contributed by atoms with Crippen LogP contribution < -0.4 is 5.32 Å². The quantitative estimate of drug-likeness (QED) is 0.814. The lowest BCUT2D eigenvalue weighted by molar-refractivity contribution is 0.438. The topological polar surface area (TPSA) is 68.5 Å². The van der Waals surface area contributed by atoms with Crippen molar-refractivity contribution >= 4 is 0 Å². The highest BCUT2D eigenvalue weighted by Crippen LogP contribution is 2.24. The molecule has 1 fully saturated rings. The van der Waals surface area contributed by atoms with E-state index in [9.17, 15) is 0 Å². The van der Waals surface area contributed by atoms with Gasteiger partial charge in [0.25, 0.3) is 0 Å². The summed E-state index contributed by atoms with van der Waals surface area (Å²) in [6.45, 7) is 2.06. The first-order valence-corrected chi connectivity index (χ1v) is 5.84. The van der Waals surface area contributed by atoms with Crippen LogP contribution in [0.2, 0.25) is 0 Å². The third kappa shape index (κ3) is 2.03. The van der Waals surface area contributed by atoms with Crippen molar-refractivity contribution < 1.29 is 0 Å². The first-order chi connectivity index (χ1) is 8.45. The van der Waals surface area contributed by atoms with Crippen molar-refractivity contribution in [2.24, 2.45) is 0 Å². The minimum atomic E-state index is 0.437. The number of tetrazole rings is 1. The van der Waals surface area contributed by atoms with Gasteiger partial charge in [-0.3, -0.25) is 4.98 Å². The van der Waals surface area contributed by atoms with E-state index in [2.05, 4.69) is 25.8 Å². The maximum atomic E-state index is 4.16. The maximum absolute atomic E-state index is 4.16. The number of piperidine rings is 1. The molecule has 3 rings (SSSR count). The minimum Gasteiger partial charge on any atom is -0.317 e. The van der Waals surface area contributed by atoms with Gasteiger partial charge in [0.05, 0.1) is 11.9 Å². The normalized spacial score (nSPS) is 17.2. The van der Waals surface area contributed by atoms with Gasteiger partial charge in [-0.2, -0.15) is 4.68 Å². The van der Waals surface area contributed by atoms with Crippen LogP contribution in [-0.2, 0) is 0 Å². The standard InChI is InChI=1S/C11H14N6/c1-2-10(8-13-5-1)17-11(14-15-16-17)9-3-6-12-7-4-9/h1-2,5,8-9,12H,3-4,6-7H2. The van der Waals surface area contributed by atoms with Gasteiger partial charge in [0, 0.05) is 12.1 Å². The summed E-state index contributed by atoms with van der Waals surface area (Å²) in [4.78, 5) is 4.10. The molecule has 6 nitrogen and oxygen atoms in total. The second-order valence-corrected chi connectivity index (χ2v) is 4.18. The predicted molar refractivity (Wildman–Crippen MR) is 61.8 cm³/mol. The number of nitrogens with zero attached hydrogens (tertiary/aromatic N) is 5. The molecule has 2 aromatic rings. The lowest BCUT2D eigenvalue weighted by atomic mass is 9.97. The van der Waals surface area contributed by atoms with E-state index in [1.807, 2.05) is 12.1 Å². The molecule has 1 N–H and O–H groups in total. The predicted octanol–water partition coefficient (Wildman–Crippen LogP) is 0.524. The van der Waals surface area contributed by atoms with E-state index in [1.165, 1.54) is 0 Å². The number of hydrogen-bond donors (Lipinski definition) is 1. The Morgan fingerprint density at radius 2 is 2.18 bits per heavy atom. The van der Waals surface area contributed by atoms with Crippen LogP contribution in [-0.4, -0.2) is 38.3 Å². The van der Waals surface area contributed by atoms with Gasteiger partial charge in [-0.1, -0.05) is 0 Å². The summed E-state index contributed by atoms with van der Waals surface area (Å²) in [5.74, 6) is 1.38. The van der Waals surface area contributed by atoms with Crippen LogP contribution in [0.4, 0.5) is 0 Å². The van der Waals surface area contributed by atoms with Crippen molar-refractivity contribution in [3.8, 4) is 5.69 Å². The molecular weight excluding hydrogens is 216 g/mol. The maximum Gasteiger partial charge on any atom is 0.159 e. The number of pyridine rings is 1. The highest BCUT2D eigenvalue weighted by atomic mass is 15.5. The summed E-state index contributed by atoms with van der Waals surface area (Å²) in [5.41, 5.74) is 0.922. The molecule has 0 radical (unpaired) electrons. The summed E-state index contributed by atoms with van der Waals surface area (Å²) in [6, 6.07) is 3.86. The molecule has 1 aliphatic rings. The zero-order valence-electron chi connectivity index (χ0n) is 9.45. The van der Waals surface area contributed by atoms with Gasteiger partial charge in [-0.05, 0) is 48.5 Å². The molecule has 0 bridgehead atoms. The zero-order valence-corrected chi connectivity index (χ0v) is 9.45. The van der Waals surface area contributed by atoms with Gasteiger partial charge in [0.2, 0.25) is 0 Å². The Kier molecular flexibility index (Phi) is 2.79. The SMILES string of the molecule is c1cncc(-n2nnnc2C2CCNCC2)c1. The van der Waals surface area contributed by atoms with Crippen LogP contribution in [0.25, 0.3) is 5.69 Å². The highest BCUT2D eigenvalue weighted by molar-refractivity contribution is 5.27. The number of aromatic nitrogens is 5. The Labute approximate surface area is 99.1 Å². The zero-order chi connectivity index (χ0) is 11.5. The van der Waals surface area contributed by atoms with Crippen molar-refractivity contribution in [3.63, 3.8) is 0 Å². The Hall–Kier alpha value is -1.82. The monoisotopic (exact) mass is 230 g/mol. The molecule has 0 aliphatic carbocycles. The highest BCUT2D eigenvalue weighted by Gasteiger charge is 2.21. The van der Waals surface area contributed by atoms with E-state index in [1.54, 1.807) is 17.1 Å². The second kappa shape index (κ2) is 4.58. The lowest BCUT2D eigenvalue weighted by Crippen LogP contribution is -2.28. The van der Waals surface area contributed by atoms with E-state index in [0.29, 0.717) is 5.92 Å². The van der Waals surface area contributed by atoms with Gasteiger partial charge in [-0.25, -0.2) is 0 Å². The molecule has 17 heavy (non-hydrogen) atoms. The summed E-state index contributed by atoms with van der Waals surface area (Å²) in [7, 11) is 0. The molecule has 6 heteroatoms. The van der Waals surface area contributed by atoms with Gasteiger partial charge < -0.3 is 5.32 Å². The fraction of sp³-hybridized carbons (Fsp3) is 0.455. The van der Waals surface area contributed by atoms with E-state index in [0.717, 1.165) is 37.4 Å². The average Bonchev–Trinajstić information content (AvgIpc) is 2.90. The number of rotatable bonds is 2. The molecule has 0 spiro atoms. The molecule has 2 aromatic heterocycles. The van der Waals surface area contributed by atoms with Gasteiger partial charge >= 0.3 is 0 Å². The summed E-state index contributed by atoms with van der Waals surface area (Å²) in [6.07, 6.45) is 5.69. The van der Waals surface area contributed by atoms with Crippen LogP contribution in [0.3, 0.4) is 0 Å². The molecule has 88 valence electrons. The Balaban J connectivity index is 1.93. The second-order valence-electron chi connectivity index (χ2n) is 4.18. The van der Waals surface area contributed by atoms with Gasteiger partial charge in [0.1, 0.15) is 0 Å². The van der Waals surface area contributed by atoms with Crippen LogP contribution in [0.5, 0.6) is 0 Å². The molecule has 0 atom stereocenters.